The van der Waals surface area contributed by atoms with Crippen molar-refractivity contribution in [2.24, 2.45) is 0 Å². The highest BCUT2D eigenvalue weighted by atomic mass is 19.1. The van der Waals surface area contributed by atoms with Crippen molar-refractivity contribution in [1.82, 2.24) is 10.6 Å². The molecule has 1 N–H and O–H groups in total. The Balaban J connectivity index is 1.84. The third-order valence-electron chi connectivity index (χ3n) is 2.76. The van der Waals surface area contributed by atoms with Gasteiger partial charge in [0.05, 0.1) is 0 Å². The summed E-state index contributed by atoms with van der Waals surface area (Å²) in [5.41, 5.74) is 0.804. The van der Waals surface area contributed by atoms with Crippen molar-refractivity contribution in [2.75, 3.05) is 19.6 Å². The standard InChI is InChI=1S/C12H16FN2/c13-12-4-2-1-3-10(12)5-6-11-9-14-7-8-15-11/h1-4,11,14H,5-9H2. The first kappa shape index (κ1) is 10.6. The smallest absolute Gasteiger partial charge is 0.126 e. The zero-order valence-electron chi connectivity index (χ0n) is 8.75. The lowest BCUT2D eigenvalue weighted by molar-refractivity contribution is 0.390. The molecule has 15 heavy (non-hydrogen) atoms. The van der Waals surface area contributed by atoms with Gasteiger partial charge in [0, 0.05) is 25.7 Å². The van der Waals surface area contributed by atoms with Crippen LogP contribution in [0.3, 0.4) is 0 Å². The van der Waals surface area contributed by atoms with Gasteiger partial charge in [0.15, 0.2) is 0 Å². The number of nitrogens with one attached hydrogen (secondary N) is 1. The molecule has 1 unspecified atom stereocenters. The number of hydrogen-bond donors (Lipinski definition) is 1. The maximum absolute atomic E-state index is 13.3. The molecular formula is C12H16FN2. The maximum atomic E-state index is 13.3. The lowest BCUT2D eigenvalue weighted by Gasteiger charge is -2.22. The molecule has 1 saturated heterocycles. The van der Waals surface area contributed by atoms with Crippen LogP contribution in [0.15, 0.2) is 24.3 Å². The molecule has 1 fully saturated rings. The Hall–Kier alpha value is -0.930. The number of halogens is 1. The molecule has 1 aromatic carbocycles. The summed E-state index contributed by atoms with van der Waals surface area (Å²) in [6.07, 6.45) is 1.72. The van der Waals surface area contributed by atoms with E-state index in [9.17, 15) is 4.39 Å². The molecule has 1 aromatic rings. The second-order valence-electron chi connectivity index (χ2n) is 3.89. The second-order valence-corrected chi connectivity index (χ2v) is 3.89. The van der Waals surface area contributed by atoms with Crippen molar-refractivity contribution < 1.29 is 4.39 Å². The maximum Gasteiger partial charge on any atom is 0.126 e. The van der Waals surface area contributed by atoms with Gasteiger partial charge in [-0.1, -0.05) is 18.2 Å². The van der Waals surface area contributed by atoms with E-state index in [1.54, 1.807) is 6.07 Å². The lowest BCUT2D eigenvalue weighted by atomic mass is 10.0. The minimum Gasteiger partial charge on any atom is -0.314 e. The molecule has 0 saturated carbocycles. The minimum absolute atomic E-state index is 0.0960. The summed E-state index contributed by atoms with van der Waals surface area (Å²) in [5, 5.41) is 7.79. The van der Waals surface area contributed by atoms with Crippen LogP contribution in [0.5, 0.6) is 0 Å². The van der Waals surface area contributed by atoms with Crippen molar-refractivity contribution >= 4 is 0 Å². The first-order valence-electron chi connectivity index (χ1n) is 5.47. The van der Waals surface area contributed by atoms with Crippen molar-refractivity contribution in [3.8, 4) is 0 Å². The SMILES string of the molecule is Fc1ccccc1CCC1CNCC[N]1. The zero-order valence-corrected chi connectivity index (χ0v) is 8.75. The topological polar surface area (TPSA) is 26.1 Å². The van der Waals surface area contributed by atoms with Crippen LogP contribution in [-0.4, -0.2) is 25.7 Å². The fourth-order valence-corrected chi connectivity index (χ4v) is 1.88. The van der Waals surface area contributed by atoms with Gasteiger partial charge in [0.2, 0.25) is 0 Å². The molecule has 0 amide bonds. The highest BCUT2D eigenvalue weighted by Crippen LogP contribution is 2.10. The van der Waals surface area contributed by atoms with Crippen molar-refractivity contribution in [3.63, 3.8) is 0 Å². The Morgan fingerprint density at radius 3 is 3.00 bits per heavy atom. The van der Waals surface area contributed by atoms with Crippen LogP contribution in [0.25, 0.3) is 0 Å². The molecule has 1 heterocycles. The van der Waals surface area contributed by atoms with Crippen LogP contribution in [0, 0.1) is 5.82 Å². The van der Waals surface area contributed by atoms with Gasteiger partial charge in [-0.15, -0.1) is 0 Å². The fraction of sp³-hybridized carbons (Fsp3) is 0.500. The van der Waals surface area contributed by atoms with Crippen molar-refractivity contribution in [2.45, 2.75) is 18.9 Å². The molecule has 0 aromatic heterocycles. The summed E-state index contributed by atoms with van der Waals surface area (Å²) >= 11 is 0. The summed E-state index contributed by atoms with van der Waals surface area (Å²) in [4.78, 5) is 0. The van der Waals surface area contributed by atoms with Gasteiger partial charge in [-0.2, -0.15) is 0 Å². The lowest BCUT2D eigenvalue weighted by Crippen LogP contribution is -2.44. The summed E-state index contributed by atoms with van der Waals surface area (Å²) < 4.78 is 13.3. The summed E-state index contributed by atoms with van der Waals surface area (Å²) in [5.74, 6) is -0.0960. The van der Waals surface area contributed by atoms with Crippen LogP contribution < -0.4 is 10.6 Å². The summed E-state index contributed by atoms with van der Waals surface area (Å²) in [6.45, 7) is 2.81. The van der Waals surface area contributed by atoms with E-state index in [1.807, 2.05) is 12.1 Å². The van der Waals surface area contributed by atoms with E-state index < -0.39 is 0 Å². The van der Waals surface area contributed by atoms with E-state index in [0.717, 1.165) is 38.0 Å². The van der Waals surface area contributed by atoms with Crippen molar-refractivity contribution in [1.29, 1.82) is 0 Å². The Labute approximate surface area is 89.9 Å². The summed E-state index contributed by atoms with van der Waals surface area (Å²) in [6, 6.07) is 7.34. The van der Waals surface area contributed by atoms with E-state index >= 15 is 0 Å². The van der Waals surface area contributed by atoms with Crippen LogP contribution in [-0.2, 0) is 6.42 Å². The number of benzene rings is 1. The van der Waals surface area contributed by atoms with Crippen molar-refractivity contribution in [3.05, 3.63) is 35.6 Å². The zero-order chi connectivity index (χ0) is 10.5. The van der Waals surface area contributed by atoms with E-state index in [1.165, 1.54) is 6.07 Å². The molecular weight excluding hydrogens is 191 g/mol. The quantitative estimate of drug-likeness (QED) is 0.795. The first-order chi connectivity index (χ1) is 7.36. The molecule has 0 aliphatic carbocycles. The third kappa shape index (κ3) is 3.01. The van der Waals surface area contributed by atoms with E-state index in [0.29, 0.717) is 6.04 Å². The van der Waals surface area contributed by atoms with Crippen LogP contribution in [0.4, 0.5) is 4.39 Å². The molecule has 3 heteroatoms. The third-order valence-corrected chi connectivity index (χ3v) is 2.76. The van der Waals surface area contributed by atoms with Crippen LogP contribution >= 0.6 is 0 Å². The molecule has 2 nitrogen and oxygen atoms in total. The average molecular weight is 207 g/mol. The number of piperazine rings is 1. The van der Waals surface area contributed by atoms with Crippen LogP contribution in [0.2, 0.25) is 0 Å². The molecule has 1 radical (unpaired) electrons. The molecule has 81 valence electrons. The number of nitrogens with zero attached hydrogens (tertiary/aromatic N) is 1. The first-order valence-corrected chi connectivity index (χ1v) is 5.47. The number of hydrogen-bond acceptors (Lipinski definition) is 1. The van der Waals surface area contributed by atoms with E-state index in [-0.39, 0.29) is 5.82 Å². The van der Waals surface area contributed by atoms with E-state index in [2.05, 4.69) is 10.6 Å². The molecule has 2 rings (SSSR count). The number of aryl methyl sites for hydroxylation is 1. The normalized spacial score (nSPS) is 21.5. The predicted octanol–water partition coefficient (Wildman–Crippen LogP) is 1.33. The van der Waals surface area contributed by atoms with Gasteiger partial charge in [0.1, 0.15) is 5.82 Å². The highest BCUT2D eigenvalue weighted by Gasteiger charge is 2.13. The highest BCUT2D eigenvalue weighted by molar-refractivity contribution is 5.17. The van der Waals surface area contributed by atoms with Gasteiger partial charge in [-0.25, -0.2) is 9.71 Å². The summed E-state index contributed by atoms with van der Waals surface area (Å²) in [7, 11) is 0. The molecule has 1 aliphatic rings. The Kier molecular flexibility index (Phi) is 3.69. The Bertz CT molecular complexity index is 308. The van der Waals surface area contributed by atoms with Gasteiger partial charge in [-0.05, 0) is 24.5 Å². The van der Waals surface area contributed by atoms with E-state index in [4.69, 9.17) is 0 Å². The largest absolute Gasteiger partial charge is 0.314 e. The van der Waals surface area contributed by atoms with Crippen LogP contribution in [0.1, 0.15) is 12.0 Å². The molecule has 0 spiro atoms. The van der Waals surface area contributed by atoms with Gasteiger partial charge < -0.3 is 5.32 Å². The average Bonchev–Trinajstić information content (AvgIpc) is 2.29. The Morgan fingerprint density at radius 2 is 2.27 bits per heavy atom. The van der Waals surface area contributed by atoms with Gasteiger partial charge in [-0.3, -0.25) is 0 Å². The molecule has 1 atom stereocenters. The molecule has 1 aliphatic heterocycles. The van der Waals surface area contributed by atoms with Gasteiger partial charge >= 0.3 is 0 Å². The fourth-order valence-electron chi connectivity index (χ4n) is 1.88. The minimum atomic E-state index is -0.0960. The second kappa shape index (κ2) is 5.24. The Morgan fingerprint density at radius 1 is 1.40 bits per heavy atom. The predicted molar refractivity (Wildman–Crippen MR) is 58.4 cm³/mol. The molecule has 0 bridgehead atoms. The van der Waals surface area contributed by atoms with Gasteiger partial charge in [0.25, 0.3) is 0 Å². The monoisotopic (exact) mass is 207 g/mol. The number of rotatable bonds is 3.